The molecule has 1 aromatic heterocycles. The second kappa shape index (κ2) is 9.24. The summed E-state index contributed by atoms with van der Waals surface area (Å²) in [6.45, 7) is 8.45. The molecule has 2 aliphatic rings. The standard InChI is InChI=1S/C22H30N6O/c1-25-10-14-27(15-11-25)21-4-2-20(3-5-21)24-22(29)28-16-12-26(13-17-28)18-19-6-8-23-9-7-19/h2-9H,10-18H2,1H3,(H,24,29). The number of aromatic nitrogens is 1. The van der Waals surface area contributed by atoms with E-state index in [1.54, 1.807) is 0 Å². The van der Waals surface area contributed by atoms with Crippen molar-refractivity contribution in [1.29, 1.82) is 0 Å². The number of likely N-dealkylation sites (N-methyl/N-ethyl adjacent to an activating group) is 1. The van der Waals surface area contributed by atoms with Gasteiger partial charge in [0.05, 0.1) is 0 Å². The van der Waals surface area contributed by atoms with E-state index < -0.39 is 0 Å². The third kappa shape index (κ3) is 5.25. The maximum absolute atomic E-state index is 12.6. The number of nitrogens with zero attached hydrogens (tertiary/aromatic N) is 5. The summed E-state index contributed by atoms with van der Waals surface area (Å²) in [5.41, 5.74) is 3.34. The summed E-state index contributed by atoms with van der Waals surface area (Å²) in [6.07, 6.45) is 3.65. The van der Waals surface area contributed by atoms with Crippen molar-refractivity contribution < 1.29 is 4.79 Å². The van der Waals surface area contributed by atoms with Crippen molar-refractivity contribution in [3.8, 4) is 0 Å². The average Bonchev–Trinajstić information content (AvgIpc) is 2.76. The smallest absolute Gasteiger partial charge is 0.321 e. The number of hydrogen-bond donors (Lipinski definition) is 1. The van der Waals surface area contributed by atoms with Gasteiger partial charge in [0.25, 0.3) is 0 Å². The van der Waals surface area contributed by atoms with Crippen molar-refractivity contribution in [2.24, 2.45) is 0 Å². The highest BCUT2D eigenvalue weighted by atomic mass is 16.2. The molecule has 2 fully saturated rings. The first-order valence-electron chi connectivity index (χ1n) is 10.4. The molecule has 29 heavy (non-hydrogen) atoms. The third-order valence-corrected chi connectivity index (χ3v) is 5.80. The quantitative estimate of drug-likeness (QED) is 0.862. The Bertz CT molecular complexity index is 781. The average molecular weight is 395 g/mol. The molecule has 0 unspecified atom stereocenters. The molecule has 0 aliphatic carbocycles. The first-order valence-corrected chi connectivity index (χ1v) is 10.4. The molecule has 7 nitrogen and oxygen atoms in total. The van der Waals surface area contributed by atoms with Crippen molar-refractivity contribution in [2.75, 3.05) is 69.6 Å². The zero-order valence-corrected chi connectivity index (χ0v) is 17.1. The van der Waals surface area contributed by atoms with Gasteiger partial charge in [-0.3, -0.25) is 9.88 Å². The van der Waals surface area contributed by atoms with Crippen molar-refractivity contribution in [3.63, 3.8) is 0 Å². The lowest BCUT2D eigenvalue weighted by Gasteiger charge is -2.35. The van der Waals surface area contributed by atoms with Crippen LogP contribution in [-0.2, 0) is 6.54 Å². The molecule has 154 valence electrons. The number of hydrogen-bond acceptors (Lipinski definition) is 5. The minimum absolute atomic E-state index is 0.0130. The Hall–Kier alpha value is -2.64. The van der Waals surface area contributed by atoms with E-state index in [1.165, 1.54) is 11.3 Å². The first-order chi connectivity index (χ1) is 14.2. The van der Waals surface area contributed by atoms with Gasteiger partial charge >= 0.3 is 6.03 Å². The molecule has 0 bridgehead atoms. The van der Waals surface area contributed by atoms with Gasteiger partial charge in [0.2, 0.25) is 0 Å². The maximum Gasteiger partial charge on any atom is 0.321 e. The van der Waals surface area contributed by atoms with E-state index in [4.69, 9.17) is 0 Å². The molecule has 2 saturated heterocycles. The molecular weight excluding hydrogens is 364 g/mol. The fraction of sp³-hybridized carbons (Fsp3) is 0.455. The van der Waals surface area contributed by atoms with Gasteiger partial charge in [0.1, 0.15) is 0 Å². The normalized spacial score (nSPS) is 18.7. The van der Waals surface area contributed by atoms with Gasteiger partial charge in [-0.25, -0.2) is 4.79 Å². The van der Waals surface area contributed by atoms with Gasteiger partial charge in [0.15, 0.2) is 0 Å². The van der Waals surface area contributed by atoms with E-state index >= 15 is 0 Å². The van der Waals surface area contributed by atoms with E-state index in [1.807, 2.05) is 41.6 Å². The second-order valence-corrected chi connectivity index (χ2v) is 7.89. The van der Waals surface area contributed by atoms with Gasteiger partial charge < -0.3 is 20.0 Å². The summed E-state index contributed by atoms with van der Waals surface area (Å²) >= 11 is 0. The van der Waals surface area contributed by atoms with E-state index in [-0.39, 0.29) is 6.03 Å². The van der Waals surface area contributed by atoms with E-state index in [9.17, 15) is 4.79 Å². The first kappa shape index (κ1) is 19.7. The van der Waals surface area contributed by atoms with Crippen LogP contribution in [0.15, 0.2) is 48.8 Å². The predicted octanol–water partition coefficient (Wildman–Crippen LogP) is 2.18. The van der Waals surface area contributed by atoms with Crippen LogP contribution >= 0.6 is 0 Å². The second-order valence-electron chi connectivity index (χ2n) is 7.89. The number of carbonyl (C=O) groups excluding carboxylic acids is 1. The van der Waals surface area contributed by atoms with E-state index in [0.29, 0.717) is 0 Å². The number of pyridine rings is 1. The lowest BCUT2D eigenvalue weighted by Crippen LogP contribution is -2.49. The number of piperazine rings is 2. The molecule has 2 amide bonds. The van der Waals surface area contributed by atoms with Crippen LogP contribution in [0.25, 0.3) is 0 Å². The minimum atomic E-state index is -0.0130. The largest absolute Gasteiger partial charge is 0.369 e. The van der Waals surface area contributed by atoms with Gasteiger partial charge in [-0.1, -0.05) is 0 Å². The number of carbonyl (C=O) groups is 1. The van der Waals surface area contributed by atoms with Crippen molar-refractivity contribution in [2.45, 2.75) is 6.54 Å². The summed E-state index contributed by atoms with van der Waals surface area (Å²) in [5, 5.41) is 3.05. The summed E-state index contributed by atoms with van der Waals surface area (Å²) in [6, 6.07) is 12.3. The molecule has 2 aromatic rings. The van der Waals surface area contributed by atoms with Crippen molar-refractivity contribution in [1.82, 2.24) is 19.7 Å². The lowest BCUT2D eigenvalue weighted by molar-refractivity contribution is 0.143. The molecule has 0 radical (unpaired) electrons. The number of rotatable bonds is 4. The molecule has 0 atom stereocenters. The van der Waals surface area contributed by atoms with Crippen LogP contribution in [0.5, 0.6) is 0 Å². The van der Waals surface area contributed by atoms with Crippen LogP contribution in [0.1, 0.15) is 5.56 Å². The molecule has 0 spiro atoms. The fourth-order valence-corrected chi connectivity index (χ4v) is 3.88. The lowest BCUT2D eigenvalue weighted by atomic mass is 10.2. The Kier molecular flexibility index (Phi) is 6.27. The van der Waals surface area contributed by atoms with Gasteiger partial charge in [-0.15, -0.1) is 0 Å². The van der Waals surface area contributed by atoms with Crippen LogP contribution in [0.3, 0.4) is 0 Å². The SMILES string of the molecule is CN1CCN(c2ccc(NC(=O)N3CCN(Cc4ccncc4)CC3)cc2)CC1. The Morgan fingerprint density at radius 3 is 2.21 bits per heavy atom. The van der Waals surface area contributed by atoms with E-state index in [0.717, 1.165) is 64.6 Å². The molecule has 2 aliphatic heterocycles. The summed E-state index contributed by atoms with van der Waals surface area (Å²) in [4.78, 5) is 25.7. The van der Waals surface area contributed by atoms with E-state index in [2.05, 4.69) is 44.2 Å². The van der Waals surface area contributed by atoms with Crippen LogP contribution in [-0.4, -0.2) is 85.1 Å². The molecule has 1 aromatic carbocycles. The minimum Gasteiger partial charge on any atom is -0.369 e. The summed E-state index contributed by atoms with van der Waals surface area (Å²) in [7, 11) is 2.16. The zero-order valence-electron chi connectivity index (χ0n) is 17.1. The Morgan fingerprint density at radius 2 is 1.55 bits per heavy atom. The predicted molar refractivity (Wildman–Crippen MR) is 116 cm³/mol. The molecular formula is C22H30N6O. The Morgan fingerprint density at radius 1 is 0.897 bits per heavy atom. The highest BCUT2D eigenvalue weighted by Crippen LogP contribution is 2.20. The monoisotopic (exact) mass is 394 g/mol. The van der Waals surface area contributed by atoms with Gasteiger partial charge in [-0.05, 0) is 49.0 Å². The molecule has 1 N–H and O–H groups in total. The fourth-order valence-electron chi connectivity index (χ4n) is 3.88. The molecule has 0 saturated carbocycles. The number of amides is 2. The number of urea groups is 1. The van der Waals surface area contributed by atoms with Crippen molar-refractivity contribution in [3.05, 3.63) is 54.4 Å². The molecule has 7 heteroatoms. The zero-order chi connectivity index (χ0) is 20.1. The Labute approximate surface area is 172 Å². The summed E-state index contributed by atoms with van der Waals surface area (Å²) < 4.78 is 0. The number of benzene rings is 1. The third-order valence-electron chi connectivity index (χ3n) is 5.80. The van der Waals surface area contributed by atoms with Crippen molar-refractivity contribution >= 4 is 17.4 Å². The maximum atomic E-state index is 12.6. The highest BCUT2D eigenvalue weighted by Gasteiger charge is 2.21. The molecule has 3 heterocycles. The van der Waals surface area contributed by atoms with Gasteiger partial charge in [-0.2, -0.15) is 0 Å². The van der Waals surface area contributed by atoms with Crippen LogP contribution < -0.4 is 10.2 Å². The summed E-state index contributed by atoms with van der Waals surface area (Å²) in [5.74, 6) is 0. The number of anilines is 2. The topological polar surface area (TPSA) is 55.0 Å². The number of nitrogens with one attached hydrogen (secondary N) is 1. The van der Waals surface area contributed by atoms with Crippen LogP contribution in [0.2, 0.25) is 0 Å². The molecule has 4 rings (SSSR count). The van der Waals surface area contributed by atoms with Crippen LogP contribution in [0, 0.1) is 0 Å². The highest BCUT2D eigenvalue weighted by molar-refractivity contribution is 5.89. The van der Waals surface area contributed by atoms with Gasteiger partial charge in [0, 0.05) is 82.7 Å². The van der Waals surface area contributed by atoms with Crippen LogP contribution in [0.4, 0.5) is 16.2 Å². The Balaban J connectivity index is 1.24.